The minimum Gasteiger partial charge on any atom is -0.491 e. The van der Waals surface area contributed by atoms with Crippen molar-refractivity contribution in [3.63, 3.8) is 0 Å². The molecule has 0 fully saturated rings. The lowest BCUT2D eigenvalue weighted by Crippen LogP contribution is -2.05. The molecule has 1 rings (SSSR count). The van der Waals surface area contributed by atoms with Crippen LogP contribution in [0.4, 0.5) is 0 Å². The van der Waals surface area contributed by atoms with Crippen molar-refractivity contribution in [2.24, 2.45) is 0 Å². The summed E-state index contributed by atoms with van der Waals surface area (Å²) in [6.07, 6.45) is 0.222. The molecule has 0 atom stereocenters. The summed E-state index contributed by atoms with van der Waals surface area (Å²) in [4.78, 5) is 0. The molecule has 0 N–H and O–H groups in total. The highest BCUT2D eigenvalue weighted by molar-refractivity contribution is 9.09. The Morgan fingerprint density at radius 3 is 2.36 bits per heavy atom. The second-order valence-electron chi connectivity index (χ2n) is 3.43. The summed E-state index contributed by atoms with van der Waals surface area (Å²) in [5, 5.41) is 0.803. The van der Waals surface area contributed by atoms with Gasteiger partial charge in [-0.05, 0) is 37.1 Å². The quantitative estimate of drug-likeness (QED) is 0.742. The number of hydrogen-bond acceptors (Lipinski definition) is 1. The van der Waals surface area contributed by atoms with Crippen LogP contribution in [-0.4, -0.2) is 11.4 Å². The van der Waals surface area contributed by atoms with Crippen LogP contribution in [0.15, 0.2) is 30.8 Å². The van der Waals surface area contributed by atoms with E-state index >= 15 is 0 Å². The van der Waals surface area contributed by atoms with Gasteiger partial charge >= 0.3 is 0 Å². The third-order valence-electron chi connectivity index (χ3n) is 1.80. The number of alkyl halides is 1. The first-order valence-corrected chi connectivity index (χ1v) is 5.76. The highest BCUT2D eigenvalue weighted by Crippen LogP contribution is 2.19. The largest absolute Gasteiger partial charge is 0.491 e. The van der Waals surface area contributed by atoms with Crippen LogP contribution < -0.4 is 4.74 Å². The molecule has 0 saturated carbocycles. The predicted octanol–water partition coefficient (Wildman–Crippen LogP) is 3.88. The highest BCUT2D eigenvalue weighted by atomic mass is 79.9. The fraction of sp³-hybridized carbons (Fsp3) is 0.333. The van der Waals surface area contributed by atoms with E-state index in [1.54, 1.807) is 0 Å². The van der Waals surface area contributed by atoms with Gasteiger partial charge in [0.05, 0.1) is 6.10 Å². The molecule has 0 saturated heterocycles. The van der Waals surface area contributed by atoms with E-state index in [0.29, 0.717) is 0 Å². The fourth-order valence-corrected chi connectivity index (χ4v) is 1.44. The molecule has 0 spiro atoms. The second-order valence-corrected chi connectivity index (χ2v) is 3.99. The number of hydrogen-bond donors (Lipinski definition) is 0. The highest BCUT2D eigenvalue weighted by Gasteiger charge is 1.99. The minimum atomic E-state index is 0.222. The summed E-state index contributed by atoms with van der Waals surface area (Å²) in [5.41, 5.74) is 2.24. The van der Waals surface area contributed by atoms with Gasteiger partial charge < -0.3 is 4.74 Å². The summed E-state index contributed by atoms with van der Waals surface area (Å²) in [5.74, 6) is 0.908. The lowest BCUT2D eigenvalue weighted by atomic mass is 10.1. The molecular formula is C12H15BrO. The van der Waals surface area contributed by atoms with Crippen molar-refractivity contribution in [2.75, 3.05) is 5.33 Å². The molecule has 0 aliphatic rings. The van der Waals surface area contributed by atoms with E-state index in [9.17, 15) is 0 Å². The lowest BCUT2D eigenvalue weighted by Gasteiger charge is -2.10. The van der Waals surface area contributed by atoms with Crippen molar-refractivity contribution in [3.8, 4) is 5.75 Å². The fourth-order valence-electron chi connectivity index (χ4n) is 1.12. The summed E-state index contributed by atoms with van der Waals surface area (Å²) < 4.78 is 5.54. The van der Waals surface area contributed by atoms with E-state index in [2.05, 4.69) is 22.5 Å². The topological polar surface area (TPSA) is 9.23 Å². The van der Waals surface area contributed by atoms with Gasteiger partial charge in [0, 0.05) is 5.33 Å². The molecule has 0 bridgehead atoms. The molecule has 1 aromatic rings. The van der Waals surface area contributed by atoms with Gasteiger partial charge in [-0.25, -0.2) is 0 Å². The third kappa shape index (κ3) is 3.18. The molecule has 0 heterocycles. The van der Waals surface area contributed by atoms with E-state index < -0.39 is 0 Å². The maximum absolute atomic E-state index is 5.54. The van der Waals surface area contributed by atoms with Crippen LogP contribution in [0.1, 0.15) is 19.4 Å². The Hall–Kier alpha value is -0.760. The van der Waals surface area contributed by atoms with Crippen molar-refractivity contribution in [2.45, 2.75) is 20.0 Å². The van der Waals surface area contributed by atoms with Gasteiger partial charge in [-0.1, -0.05) is 34.6 Å². The van der Waals surface area contributed by atoms with Crippen LogP contribution in [0.25, 0.3) is 5.57 Å². The van der Waals surface area contributed by atoms with Crippen molar-refractivity contribution in [1.82, 2.24) is 0 Å². The number of rotatable bonds is 4. The van der Waals surface area contributed by atoms with Crippen molar-refractivity contribution in [3.05, 3.63) is 36.4 Å². The van der Waals surface area contributed by atoms with E-state index in [4.69, 9.17) is 4.74 Å². The van der Waals surface area contributed by atoms with Crippen LogP contribution >= 0.6 is 15.9 Å². The Balaban J connectivity index is 2.73. The minimum absolute atomic E-state index is 0.222. The molecule has 76 valence electrons. The summed E-state index contributed by atoms with van der Waals surface area (Å²) in [7, 11) is 0. The average Bonchev–Trinajstić information content (AvgIpc) is 2.17. The summed E-state index contributed by atoms with van der Waals surface area (Å²) >= 11 is 3.38. The van der Waals surface area contributed by atoms with E-state index in [0.717, 1.165) is 22.2 Å². The average molecular weight is 255 g/mol. The first-order chi connectivity index (χ1) is 6.63. The van der Waals surface area contributed by atoms with Gasteiger partial charge in [0.25, 0.3) is 0 Å². The zero-order chi connectivity index (χ0) is 10.6. The molecule has 0 unspecified atom stereocenters. The molecule has 0 aromatic heterocycles. The van der Waals surface area contributed by atoms with Crippen molar-refractivity contribution >= 4 is 21.5 Å². The molecule has 1 nitrogen and oxygen atoms in total. The first-order valence-electron chi connectivity index (χ1n) is 4.64. The van der Waals surface area contributed by atoms with Crippen LogP contribution in [0, 0.1) is 0 Å². The maximum atomic E-state index is 5.54. The maximum Gasteiger partial charge on any atom is 0.119 e. The van der Waals surface area contributed by atoms with Gasteiger partial charge in [0.15, 0.2) is 0 Å². The van der Waals surface area contributed by atoms with Gasteiger partial charge in [-0.3, -0.25) is 0 Å². The Morgan fingerprint density at radius 2 is 1.93 bits per heavy atom. The van der Waals surface area contributed by atoms with Gasteiger partial charge in [-0.15, -0.1) is 0 Å². The van der Waals surface area contributed by atoms with E-state index in [-0.39, 0.29) is 6.10 Å². The zero-order valence-electron chi connectivity index (χ0n) is 8.59. The standard InChI is InChI=1S/C12H15BrO/c1-9(2)14-12-6-4-11(5-7-12)10(3)8-13/h4-7,9H,3,8H2,1-2H3. The van der Waals surface area contributed by atoms with Crippen molar-refractivity contribution in [1.29, 1.82) is 0 Å². The Labute approximate surface area is 93.9 Å². The Bertz CT molecular complexity index is 301. The zero-order valence-corrected chi connectivity index (χ0v) is 10.2. The third-order valence-corrected chi connectivity index (χ3v) is 2.47. The van der Waals surface area contributed by atoms with Crippen LogP contribution in [0.2, 0.25) is 0 Å². The van der Waals surface area contributed by atoms with Gasteiger partial charge in [-0.2, -0.15) is 0 Å². The predicted molar refractivity (Wildman–Crippen MR) is 65.0 cm³/mol. The van der Waals surface area contributed by atoms with Gasteiger partial charge in [0.1, 0.15) is 5.75 Å². The SMILES string of the molecule is C=C(CBr)c1ccc(OC(C)C)cc1. The molecule has 0 aliphatic carbocycles. The lowest BCUT2D eigenvalue weighted by molar-refractivity contribution is 0.242. The number of halogens is 1. The van der Waals surface area contributed by atoms with Gasteiger partial charge in [0.2, 0.25) is 0 Å². The van der Waals surface area contributed by atoms with Crippen LogP contribution in [-0.2, 0) is 0 Å². The smallest absolute Gasteiger partial charge is 0.119 e. The monoisotopic (exact) mass is 254 g/mol. The summed E-state index contributed by atoms with van der Waals surface area (Å²) in [6, 6.07) is 8.01. The molecule has 14 heavy (non-hydrogen) atoms. The molecule has 0 amide bonds. The number of ether oxygens (including phenoxy) is 1. The van der Waals surface area contributed by atoms with Crippen LogP contribution in [0.5, 0.6) is 5.75 Å². The number of allylic oxidation sites excluding steroid dienone is 1. The molecule has 1 aromatic carbocycles. The van der Waals surface area contributed by atoms with E-state index in [1.165, 1.54) is 0 Å². The second kappa shape index (κ2) is 5.20. The van der Waals surface area contributed by atoms with Crippen molar-refractivity contribution < 1.29 is 4.74 Å². The molecule has 2 heteroatoms. The van der Waals surface area contributed by atoms with Crippen LogP contribution in [0.3, 0.4) is 0 Å². The molecular weight excluding hydrogens is 240 g/mol. The normalized spacial score (nSPS) is 10.3. The molecule has 0 aliphatic heterocycles. The Morgan fingerprint density at radius 1 is 1.36 bits per heavy atom. The van der Waals surface area contributed by atoms with E-state index in [1.807, 2.05) is 38.1 Å². The molecule has 0 radical (unpaired) electrons. The Kier molecular flexibility index (Phi) is 4.21. The number of benzene rings is 1. The summed E-state index contributed by atoms with van der Waals surface area (Å²) in [6.45, 7) is 7.98. The first kappa shape index (κ1) is 11.3.